The number of halogens is 3. The first kappa shape index (κ1) is 13.9. The Hall–Kier alpha value is -2.48. The third kappa shape index (κ3) is 2.91. The molecule has 0 radical (unpaired) electrons. The molecule has 0 spiro atoms. The molecule has 2 aromatic carbocycles. The van der Waals surface area contributed by atoms with E-state index in [0.717, 1.165) is 24.3 Å². The third-order valence-corrected chi connectivity index (χ3v) is 2.95. The molecule has 2 rings (SSSR count). The highest BCUT2D eigenvalue weighted by Crippen LogP contribution is 2.21. The van der Waals surface area contributed by atoms with E-state index in [-0.39, 0.29) is 17.7 Å². The van der Waals surface area contributed by atoms with Crippen LogP contribution in [0.4, 0.5) is 18.9 Å². The van der Waals surface area contributed by atoms with Gasteiger partial charge in [0.2, 0.25) is 0 Å². The summed E-state index contributed by atoms with van der Waals surface area (Å²) >= 11 is 0. The van der Waals surface area contributed by atoms with Gasteiger partial charge in [0.25, 0.3) is 0 Å². The molecule has 1 N–H and O–H groups in total. The SMILES string of the molecule is Cc1c(F)cc(C#N)cc1NCc1cc(F)ccc1F. The average Bonchev–Trinajstić information content (AvgIpc) is 2.43. The van der Waals surface area contributed by atoms with Crippen LogP contribution < -0.4 is 5.32 Å². The van der Waals surface area contributed by atoms with Crippen LogP contribution in [-0.4, -0.2) is 0 Å². The van der Waals surface area contributed by atoms with E-state index >= 15 is 0 Å². The number of benzene rings is 2. The van der Waals surface area contributed by atoms with Crippen molar-refractivity contribution in [2.75, 3.05) is 5.32 Å². The molecular formula is C15H11F3N2. The van der Waals surface area contributed by atoms with E-state index in [1.807, 2.05) is 6.07 Å². The van der Waals surface area contributed by atoms with Crippen LogP contribution in [0.1, 0.15) is 16.7 Å². The molecule has 2 aromatic rings. The van der Waals surface area contributed by atoms with Crippen molar-refractivity contribution in [1.29, 1.82) is 5.26 Å². The van der Waals surface area contributed by atoms with Gasteiger partial charge in [-0.2, -0.15) is 5.26 Å². The topological polar surface area (TPSA) is 35.8 Å². The zero-order valence-electron chi connectivity index (χ0n) is 10.7. The van der Waals surface area contributed by atoms with Crippen molar-refractivity contribution in [3.8, 4) is 6.07 Å². The molecule has 0 aromatic heterocycles. The Morgan fingerprint density at radius 1 is 1.10 bits per heavy atom. The number of nitriles is 1. The lowest BCUT2D eigenvalue weighted by molar-refractivity contribution is 0.587. The molecule has 0 amide bonds. The van der Waals surface area contributed by atoms with Crippen LogP contribution in [0, 0.1) is 35.7 Å². The summed E-state index contributed by atoms with van der Waals surface area (Å²) in [7, 11) is 0. The van der Waals surface area contributed by atoms with Crippen LogP contribution in [0.25, 0.3) is 0 Å². The maximum absolute atomic E-state index is 13.6. The highest BCUT2D eigenvalue weighted by molar-refractivity contribution is 5.56. The van der Waals surface area contributed by atoms with E-state index in [1.165, 1.54) is 6.07 Å². The van der Waals surface area contributed by atoms with Gasteiger partial charge in [-0.3, -0.25) is 0 Å². The fourth-order valence-electron chi connectivity index (χ4n) is 1.80. The minimum absolute atomic E-state index is 0.00123. The van der Waals surface area contributed by atoms with Crippen molar-refractivity contribution in [2.24, 2.45) is 0 Å². The Bertz CT molecular complexity index is 690. The van der Waals surface area contributed by atoms with E-state index in [4.69, 9.17) is 5.26 Å². The van der Waals surface area contributed by atoms with Crippen molar-refractivity contribution < 1.29 is 13.2 Å². The first-order valence-corrected chi connectivity index (χ1v) is 5.89. The van der Waals surface area contributed by atoms with E-state index in [9.17, 15) is 13.2 Å². The molecule has 5 heteroatoms. The molecule has 0 atom stereocenters. The van der Waals surface area contributed by atoms with Crippen LogP contribution in [0.5, 0.6) is 0 Å². The number of rotatable bonds is 3. The molecule has 0 saturated heterocycles. The first-order chi connectivity index (χ1) is 9.51. The maximum atomic E-state index is 13.6. The predicted octanol–water partition coefficient (Wildman–Crippen LogP) is 3.90. The molecule has 102 valence electrons. The largest absolute Gasteiger partial charge is 0.381 e. The summed E-state index contributed by atoms with van der Waals surface area (Å²) in [6.07, 6.45) is 0. The monoisotopic (exact) mass is 276 g/mol. The van der Waals surface area contributed by atoms with Crippen LogP contribution in [0.15, 0.2) is 30.3 Å². The fraction of sp³-hybridized carbons (Fsp3) is 0.133. The number of hydrogen-bond acceptors (Lipinski definition) is 2. The molecular weight excluding hydrogens is 265 g/mol. The van der Waals surface area contributed by atoms with Gasteiger partial charge in [0, 0.05) is 23.4 Å². The fourth-order valence-corrected chi connectivity index (χ4v) is 1.80. The molecule has 0 fully saturated rings. The Morgan fingerprint density at radius 3 is 2.55 bits per heavy atom. The lowest BCUT2D eigenvalue weighted by Gasteiger charge is -2.11. The normalized spacial score (nSPS) is 10.2. The zero-order valence-corrected chi connectivity index (χ0v) is 10.7. The second kappa shape index (κ2) is 5.66. The van der Waals surface area contributed by atoms with Crippen LogP contribution >= 0.6 is 0 Å². The van der Waals surface area contributed by atoms with Crippen LogP contribution in [0.2, 0.25) is 0 Å². The summed E-state index contributed by atoms with van der Waals surface area (Å²) < 4.78 is 40.1. The average molecular weight is 276 g/mol. The molecule has 0 bridgehead atoms. The Morgan fingerprint density at radius 2 is 1.85 bits per heavy atom. The van der Waals surface area contributed by atoms with E-state index < -0.39 is 17.5 Å². The number of anilines is 1. The summed E-state index contributed by atoms with van der Waals surface area (Å²) in [6, 6.07) is 7.57. The van der Waals surface area contributed by atoms with Crippen molar-refractivity contribution in [1.82, 2.24) is 0 Å². The highest BCUT2D eigenvalue weighted by atomic mass is 19.1. The van der Waals surface area contributed by atoms with Gasteiger partial charge in [-0.15, -0.1) is 0 Å². The minimum atomic E-state index is -0.548. The standard InChI is InChI=1S/C15H11F3N2/c1-9-14(18)4-10(7-19)5-15(9)20-8-11-6-12(16)2-3-13(11)17/h2-6,20H,8H2,1H3. The summed E-state index contributed by atoms with van der Waals surface area (Å²) in [6.45, 7) is 1.54. The zero-order chi connectivity index (χ0) is 14.7. The highest BCUT2D eigenvalue weighted by Gasteiger charge is 2.09. The number of hydrogen-bond donors (Lipinski definition) is 1. The summed E-state index contributed by atoms with van der Waals surface area (Å²) in [4.78, 5) is 0. The second-order valence-electron chi connectivity index (χ2n) is 4.33. The van der Waals surface area contributed by atoms with Gasteiger partial charge in [-0.1, -0.05) is 0 Å². The first-order valence-electron chi connectivity index (χ1n) is 5.89. The van der Waals surface area contributed by atoms with Gasteiger partial charge >= 0.3 is 0 Å². The van der Waals surface area contributed by atoms with Crippen molar-refractivity contribution >= 4 is 5.69 Å². The van der Waals surface area contributed by atoms with Crippen molar-refractivity contribution in [3.63, 3.8) is 0 Å². The summed E-state index contributed by atoms with van der Waals surface area (Å²) in [5.41, 5.74) is 0.994. The number of nitrogens with zero attached hydrogens (tertiary/aromatic N) is 1. The van der Waals surface area contributed by atoms with Gasteiger partial charge in [-0.05, 0) is 37.3 Å². The van der Waals surface area contributed by atoms with Crippen molar-refractivity contribution in [2.45, 2.75) is 13.5 Å². The number of nitrogens with one attached hydrogen (secondary N) is 1. The smallest absolute Gasteiger partial charge is 0.129 e. The van der Waals surface area contributed by atoms with E-state index in [0.29, 0.717) is 11.3 Å². The molecule has 0 saturated carbocycles. The molecule has 0 unspecified atom stereocenters. The summed E-state index contributed by atoms with van der Waals surface area (Å²) in [5, 5.41) is 11.6. The summed E-state index contributed by atoms with van der Waals surface area (Å²) in [5.74, 6) is -1.61. The van der Waals surface area contributed by atoms with Gasteiger partial charge in [0.15, 0.2) is 0 Å². The van der Waals surface area contributed by atoms with Crippen LogP contribution in [0.3, 0.4) is 0 Å². The maximum Gasteiger partial charge on any atom is 0.129 e. The van der Waals surface area contributed by atoms with E-state index in [1.54, 1.807) is 6.92 Å². The lowest BCUT2D eigenvalue weighted by atomic mass is 10.1. The van der Waals surface area contributed by atoms with Crippen molar-refractivity contribution in [3.05, 3.63) is 64.5 Å². The molecule has 20 heavy (non-hydrogen) atoms. The molecule has 0 aliphatic heterocycles. The quantitative estimate of drug-likeness (QED) is 0.923. The van der Waals surface area contributed by atoms with Gasteiger partial charge < -0.3 is 5.32 Å². The second-order valence-corrected chi connectivity index (χ2v) is 4.33. The minimum Gasteiger partial charge on any atom is -0.381 e. The van der Waals surface area contributed by atoms with Gasteiger partial charge in [-0.25, -0.2) is 13.2 Å². The Balaban J connectivity index is 2.25. The van der Waals surface area contributed by atoms with Gasteiger partial charge in [0.05, 0.1) is 11.6 Å². The van der Waals surface area contributed by atoms with Crippen LogP contribution in [-0.2, 0) is 6.54 Å². The predicted molar refractivity (Wildman–Crippen MR) is 69.5 cm³/mol. The molecule has 0 heterocycles. The molecule has 2 nitrogen and oxygen atoms in total. The third-order valence-electron chi connectivity index (χ3n) is 2.95. The van der Waals surface area contributed by atoms with E-state index in [2.05, 4.69) is 5.32 Å². The lowest BCUT2D eigenvalue weighted by Crippen LogP contribution is -2.05. The molecule has 0 aliphatic carbocycles. The molecule has 0 aliphatic rings. The van der Waals surface area contributed by atoms with Gasteiger partial charge in [0.1, 0.15) is 17.5 Å². The Labute approximate surface area is 114 Å². The Kier molecular flexibility index (Phi) is 3.94.